The Kier molecular flexibility index (Phi) is 12.5. The van der Waals surface area contributed by atoms with Crippen LogP contribution in [0.15, 0.2) is 18.2 Å². The van der Waals surface area contributed by atoms with Gasteiger partial charge in [-0.2, -0.15) is 0 Å². The van der Waals surface area contributed by atoms with Gasteiger partial charge >= 0.3 is 5.97 Å². The van der Waals surface area contributed by atoms with Crippen molar-refractivity contribution in [1.29, 1.82) is 0 Å². The van der Waals surface area contributed by atoms with E-state index in [1.807, 2.05) is 12.1 Å². The van der Waals surface area contributed by atoms with Gasteiger partial charge in [0.25, 0.3) is 0 Å². The Labute approximate surface area is 215 Å². The minimum atomic E-state index is -0.800. The molecule has 2 aliphatic rings. The molecule has 3 rings (SSSR count). The second-order valence-electron chi connectivity index (χ2n) is 11.6. The zero-order valence-corrected chi connectivity index (χ0v) is 22.7. The quantitative estimate of drug-likeness (QED) is 0.252. The Morgan fingerprint density at radius 3 is 2.06 bits per heavy atom. The van der Waals surface area contributed by atoms with Crippen molar-refractivity contribution in [2.75, 3.05) is 6.61 Å². The van der Waals surface area contributed by atoms with Crippen LogP contribution in [0.25, 0.3) is 0 Å². The Hall–Kier alpha value is -1.51. The van der Waals surface area contributed by atoms with Gasteiger partial charge in [0.05, 0.1) is 12.2 Å². The summed E-state index contributed by atoms with van der Waals surface area (Å²) >= 11 is 0. The Balaban J connectivity index is 1.47. The number of aromatic carboxylic acids is 1. The standard InChI is InChI=1S/C32H52O3/c1-3-5-7-8-9-11-23-35-29-21-22-30(32(33)34)31(24-29)28-19-17-27(18-20-28)26-15-13-25(14-16-26)12-10-6-4-2/h21-22,24-28H,3-20,23H2,1-2H3,(H,33,34). The highest BCUT2D eigenvalue weighted by molar-refractivity contribution is 5.89. The van der Waals surface area contributed by atoms with E-state index in [0.29, 0.717) is 11.5 Å². The second kappa shape index (κ2) is 15.6. The molecule has 0 atom stereocenters. The maximum Gasteiger partial charge on any atom is 0.335 e. The topological polar surface area (TPSA) is 46.5 Å². The summed E-state index contributed by atoms with van der Waals surface area (Å²) in [6.07, 6.45) is 23.6. The third-order valence-electron chi connectivity index (χ3n) is 9.01. The van der Waals surface area contributed by atoms with Crippen molar-refractivity contribution in [3.05, 3.63) is 29.3 Å². The number of hydrogen-bond donors (Lipinski definition) is 1. The molecular formula is C32H52O3. The number of unbranched alkanes of at least 4 members (excludes halogenated alkanes) is 7. The van der Waals surface area contributed by atoms with Crippen LogP contribution in [0, 0.1) is 17.8 Å². The molecule has 3 heteroatoms. The number of rotatable bonds is 15. The van der Waals surface area contributed by atoms with Gasteiger partial charge in [0.2, 0.25) is 0 Å². The van der Waals surface area contributed by atoms with E-state index in [9.17, 15) is 9.90 Å². The van der Waals surface area contributed by atoms with Gasteiger partial charge in [-0.3, -0.25) is 0 Å². The fourth-order valence-electron chi connectivity index (χ4n) is 6.77. The van der Waals surface area contributed by atoms with Crippen molar-refractivity contribution in [2.45, 2.75) is 135 Å². The molecule has 0 aromatic heterocycles. The summed E-state index contributed by atoms with van der Waals surface area (Å²) in [5.41, 5.74) is 1.49. The molecule has 0 spiro atoms. The molecule has 2 fully saturated rings. The summed E-state index contributed by atoms with van der Waals surface area (Å²) < 4.78 is 6.05. The summed E-state index contributed by atoms with van der Waals surface area (Å²) in [7, 11) is 0. The molecule has 2 saturated carbocycles. The first-order chi connectivity index (χ1) is 17.1. The molecule has 0 radical (unpaired) electrons. The van der Waals surface area contributed by atoms with Gasteiger partial charge in [0, 0.05) is 0 Å². The minimum Gasteiger partial charge on any atom is -0.494 e. The Morgan fingerprint density at radius 2 is 1.40 bits per heavy atom. The zero-order chi connectivity index (χ0) is 24.9. The Bertz CT molecular complexity index is 726. The molecule has 0 aliphatic heterocycles. The number of carboxylic acid groups (broad SMARTS) is 1. The van der Waals surface area contributed by atoms with Crippen molar-refractivity contribution >= 4 is 5.97 Å². The molecule has 1 aromatic carbocycles. The van der Waals surface area contributed by atoms with E-state index in [2.05, 4.69) is 13.8 Å². The highest BCUT2D eigenvalue weighted by Gasteiger charge is 2.32. The van der Waals surface area contributed by atoms with Gasteiger partial charge in [-0.25, -0.2) is 4.79 Å². The molecule has 0 saturated heterocycles. The van der Waals surface area contributed by atoms with Crippen LogP contribution in [-0.2, 0) is 0 Å². The molecule has 0 bridgehead atoms. The van der Waals surface area contributed by atoms with Crippen LogP contribution >= 0.6 is 0 Å². The first kappa shape index (κ1) is 28.1. The van der Waals surface area contributed by atoms with Crippen molar-refractivity contribution in [3.63, 3.8) is 0 Å². The summed E-state index contributed by atoms with van der Waals surface area (Å²) in [5, 5.41) is 9.82. The molecule has 0 amide bonds. The fourth-order valence-corrected chi connectivity index (χ4v) is 6.77. The third-order valence-corrected chi connectivity index (χ3v) is 9.01. The monoisotopic (exact) mass is 484 g/mol. The maximum absolute atomic E-state index is 12.0. The number of hydrogen-bond acceptors (Lipinski definition) is 2. The maximum atomic E-state index is 12.0. The van der Waals surface area contributed by atoms with Gasteiger partial charge in [0.15, 0.2) is 0 Å². The molecule has 3 nitrogen and oxygen atoms in total. The van der Waals surface area contributed by atoms with Crippen LogP contribution < -0.4 is 4.74 Å². The van der Waals surface area contributed by atoms with Crippen molar-refractivity contribution in [3.8, 4) is 5.75 Å². The van der Waals surface area contributed by atoms with Crippen molar-refractivity contribution in [1.82, 2.24) is 0 Å². The van der Waals surface area contributed by atoms with Crippen LogP contribution in [0.1, 0.15) is 151 Å². The van der Waals surface area contributed by atoms with E-state index in [1.165, 1.54) is 96.3 Å². The Morgan fingerprint density at radius 1 is 0.800 bits per heavy atom. The van der Waals surface area contributed by atoms with Crippen LogP contribution in [0.3, 0.4) is 0 Å². The number of benzene rings is 1. The van der Waals surface area contributed by atoms with Crippen molar-refractivity contribution in [2.24, 2.45) is 17.8 Å². The fraction of sp³-hybridized carbons (Fsp3) is 0.781. The zero-order valence-electron chi connectivity index (χ0n) is 22.7. The first-order valence-corrected chi connectivity index (χ1v) is 15.1. The van der Waals surface area contributed by atoms with E-state index in [-0.39, 0.29) is 0 Å². The molecular weight excluding hydrogens is 432 g/mol. The SMILES string of the molecule is CCCCCCCCOc1ccc(C(=O)O)c(C2CCC(C3CCC(CCCCC)CC3)CC2)c1. The van der Waals surface area contributed by atoms with Crippen LogP contribution in [0.2, 0.25) is 0 Å². The lowest BCUT2D eigenvalue weighted by molar-refractivity contribution is 0.0694. The molecule has 0 heterocycles. The summed E-state index contributed by atoms with van der Waals surface area (Å²) in [6, 6.07) is 5.68. The lowest BCUT2D eigenvalue weighted by Gasteiger charge is -2.38. The second-order valence-corrected chi connectivity index (χ2v) is 11.6. The molecule has 0 unspecified atom stereocenters. The minimum absolute atomic E-state index is 0.361. The molecule has 1 N–H and O–H groups in total. The average molecular weight is 485 g/mol. The highest BCUT2D eigenvalue weighted by Crippen LogP contribution is 2.45. The number of ether oxygens (including phenoxy) is 1. The molecule has 1 aromatic rings. The van der Waals surface area contributed by atoms with Crippen LogP contribution in [0.4, 0.5) is 0 Å². The number of carbonyl (C=O) groups is 1. The van der Waals surface area contributed by atoms with E-state index < -0.39 is 5.97 Å². The van der Waals surface area contributed by atoms with E-state index in [1.54, 1.807) is 6.07 Å². The molecule has 198 valence electrons. The highest BCUT2D eigenvalue weighted by atomic mass is 16.5. The largest absolute Gasteiger partial charge is 0.494 e. The predicted molar refractivity (Wildman–Crippen MR) is 147 cm³/mol. The van der Waals surface area contributed by atoms with E-state index in [0.717, 1.165) is 54.9 Å². The van der Waals surface area contributed by atoms with Crippen LogP contribution in [0.5, 0.6) is 5.75 Å². The van der Waals surface area contributed by atoms with Gasteiger partial charge in [-0.05, 0) is 92.4 Å². The van der Waals surface area contributed by atoms with Gasteiger partial charge in [-0.1, -0.05) is 84.5 Å². The predicted octanol–water partition coefficient (Wildman–Crippen LogP) is 9.78. The third kappa shape index (κ3) is 9.14. The smallest absolute Gasteiger partial charge is 0.335 e. The van der Waals surface area contributed by atoms with Gasteiger partial charge in [0.1, 0.15) is 5.75 Å². The summed E-state index contributed by atoms with van der Waals surface area (Å²) in [5.74, 6) is 3.15. The van der Waals surface area contributed by atoms with Gasteiger partial charge in [-0.15, -0.1) is 0 Å². The van der Waals surface area contributed by atoms with Gasteiger partial charge < -0.3 is 9.84 Å². The first-order valence-electron chi connectivity index (χ1n) is 15.1. The van der Waals surface area contributed by atoms with E-state index >= 15 is 0 Å². The summed E-state index contributed by atoms with van der Waals surface area (Å²) in [6.45, 7) is 5.27. The van der Waals surface area contributed by atoms with Crippen molar-refractivity contribution < 1.29 is 14.6 Å². The average Bonchev–Trinajstić information content (AvgIpc) is 2.88. The number of carboxylic acids is 1. The molecule has 35 heavy (non-hydrogen) atoms. The lowest BCUT2D eigenvalue weighted by atomic mass is 9.67. The van der Waals surface area contributed by atoms with Crippen LogP contribution in [-0.4, -0.2) is 17.7 Å². The lowest BCUT2D eigenvalue weighted by Crippen LogP contribution is -2.26. The normalized spacial score (nSPS) is 24.9. The van der Waals surface area contributed by atoms with E-state index in [4.69, 9.17) is 4.74 Å². The summed E-state index contributed by atoms with van der Waals surface area (Å²) in [4.78, 5) is 12.0. The molecule has 2 aliphatic carbocycles.